The van der Waals surface area contributed by atoms with Crippen LogP contribution in [-0.2, 0) is 0 Å². The minimum atomic E-state index is -0.342. The zero-order chi connectivity index (χ0) is 7.56. The van der Waals surface area contributed by atoms with Gasteiger partial charge in [-0.25, -0.2) is 4.39 Å². The number of rotatable bonds is 1. The molecule has 1 nitrogen and oxygen atoms in total. The summed E-state index contributed by atoms with van der Waals surface area (Å²) in [5.41, 5.74) is 0. The summed E-state index contributed by atoms with van der Waals surface area (Å²) in [6.45, 7) is 0. The Labute approximate surface area is 92.2 Å². The van der Waals surface area contributed by atoms with E-state index in [4.69, 9.17) is 4.74 Å². The molecule has 1 aromatic carbocycles. The van der Waals surface area contributed by atoms with E-state index in [-0.39, 0.29) is 37.5 Å². The molecule has 0 aliphatic rings. The average Bonchev–Trinajstić information content (AvgIpc) is 1.94. The van der Waals surface area contributed by atoms with Crippen LogP contribution in [0.3, 0.4) is 0 Å². The quantitative estimate of drug-likeness (QED) is 0.675. The molecule has 0 unspecified atom stereocenters. The fourth-order valence-corrected chi connectivity index (χ4v) is 0.974. The fraction of sp³-hybridized carbons (Fsp3) is 0.143. The second kappa shape index (κ2) is 4.95. The Kier molecular flexibility index (Phi) is 5.04. The van der Waals surface area contributed by atoms with Crippen LogP contribution in [0.1, 0.15) is 2.85 Å². The van der Waals surface area contributed by atoms with Gasteiger partial charge >= 0.3 is 23.1 Å². The van der Waals surface area contributed by atoms with Crippen molar-refractivity contribution >= 4 is 39.0 Å². The van der Waals surface area contributed by atoms with Gasteiger partial charge in [-0.3, -0.25) is 0 Å². The van der Waals surface area contributed by atoms with E-state index < -0.39 is 0 Å². The molecule has 0 heterocycles. The van der Waals surface area contributed by atoms with Crippen molar-refractivity contribution in [3.63, 3.8) is 0 Å². The maximum atomic E-state index is 12.6. The van der Waals surface area contributed by atoms with Crippen molar-refractivity contribution in [1.82, 2.24) is 0 Å². The molecule has 0 atom stereocenters. The first-order chi connectivity index (χ1) is 4.74. The van der Waals surface area contributed by atoms with Crippen LogP contribution < -0.4 is 4.74 Å². The Morgan fingerprint density at radius 3 is 2.64 bits per heavy atom. The van der Waals surface area contributed by atoms with E-state index in [0.717, 1.165) is 4.47 Å². The van der Waals surface area contributed by atoms with Crippen molar-refractivity contribution in [2.75, 3.05) is 7.11 Å². The van der Waals surface area contributed by atoms with E-state index in [1.165, 1.54) is 13.2 Å². The molecule has 4 heteroatoms. The summed E-state index contributed by atoms with van der Waals surface area (Å²) in [5.74, 6) is -0.0833. The number of methoxy groups -OCH3 is 1. The number of ether oxygens (including phenoxy) is 1. The molecule has 0 saturated carbocycles. The largest absolute Gasteiger partial charge is 2.00 e. The number of halogens is 2. The van der Waals surface area contributed by atoms with Crippen LogP contribution >= 0.6 is 15.9 Å². The maximum Gasteiger partial charge on any atom is 2.00 e. The van der Waals surface area contributed by atoms with Gasteiger partial charge in [0.1, 0.15) is 0 Å². The number of hydrogen-bond acceptors (Lipinski definition) is 1. The van der Waals surface area contributed by atoms with Gasteiger partial charge in [0.25, 0.3) is 0 Å². The van der Waals surface area contributed by atoms with E-state index in [0.29, 0.717) is 0 Å². The molecule has 11 heavy (non-hydrogen) atoms. The Balaban J connectivity index is -0.000000333. The summed E-state index contributed by atoms with van der Waals surface area (Å²) in [7, 11) is 1.44. The summed E-state index contributed by atoms with van der Waals surface area (Å²) < 4.78 is 18.2. The molecular formula is C7H8BrFMgO. The predicted octanol–water partition coefficient (Wildman–Crippen LogP) is 2.44. The van der Waals surface area contributed by atoms with Crippen molar-refractivity contribution in [2.45, 2.75) is 0 Å². The molecule has 0 aliphatic carbocycles. The molecule has 0 aliphatic heterocycles. The number of hydrogen-bond donors (Lipinski definition) is 0. The first kappa shape index (κ1) is 11.2. The molecule has 1 aromatic rings. The molecule has 0 saturated heterocycles. The van der Waals surface area contributed by atoms with Crippen molar-refractivity contribution < 1.29 is 12.0 Å². The summed E-state index contributed by atoms with van der Waals surface area (Å²) in [6.07, 6.45) is 0. The van der Waals surface area contributed by atoms with Gasteiger partial charge in [-0.2, -0.15) is 0 Å². The monoisotopic (exact) mass is 230 g/mol. The maximum absolute atomic E-state index is 12.6. The molecule has 0 amide bonds. The third kappa shape index (κ3) is 2.97. The normalized spacial score (nSPS) is 8.64. The molecule has 0 fully saturated rings. The SMILES string of the molecule is COc1cc(Br)ccc1F.[H-].[H-].[Mg+2]. The van der Waals surface area contributed by atoms with Crippen LogP contribution in [0.25, 0.3) is 0 Å². The standard InChI is InChI=1S/C7H6BrFO.Mg.2H/c1-10-7-4-5(8)2-3-6(7)9;;;/h2-4H,1H3;;;/q;+2;2*-1. The Morgan fingerprint density at radius 2 is 2.18 bits per heavy atom. The Hall–Kier alpha value is 0.196. The molecular weight excluding hydrogens is 223 g/mol. The van der Waals surface area contributed by atoms with Crippen molar-refractivity contribution in [1.29, 1.82) is 0 Å². The van der Waals surface area contributed by atoms with Crippen LogP contribution in [0.15, 0.2) is 22.7 Å². The number of benzene rings is 1. The second-order valence-electron chi connectivity index (χ2n) is 1.78. The smallest absolute Gasteiger partial charge is 1.00 e. The van der Waals surface area contributed by atoms with Gasteiger partial charge in [-0.15, -0.1) is 0 Å². The van der Waals surface area contributed by atoms with Crippen molar-refractivity contribution in [3.8, 4) is 5.75 Å². The van der Waals surface area contributed by atoms with Crippen LogP contribution in [0.2, 0.25) is 0 Å². The predicted molar refractivity (Wildman–Crippen MR) is 48.6 cm³/mol. The molecule has 0 aromatic heterocycles. The zero-order valence-electron chi connectivity index (χ0n) is 8.10. The molecule has 58 valence electrons. The molecule has 0 radical (unpaired) electrons. The third-order valence-corrected chi connectivity index (χ3v) is 1.61. The van der Waals surface area contributed by atoms with Gasteiger partial charge in [0.05, 0.1) is 7.11 Å². The van der Waals surface area contributed by atoms with Gasteiger partial charge in [0.15, 0.2) is 11.6 Å². The zero-order valence-corrected chi connectivity index (χ0v) is 9.10. The summed E-state index contributed by atoms with van der Waals surface area (Å²) in [6, 6.07) is 4.55. The van der Waals surface area contributed by atoms with Gasteiger partial charge in [-0.05, 0) is 18.2 Å². The van der Waals surface area contributed by atoms with Crippen molar-refractivity contribution in [2.24, 2.45) is 0 Å². The average molecular weight is 231 g/mol. The van der Waals surface area contributed by atoms with Gasteiger partial charge in [0.2, 0.25) is 0 Å². The topological polar surface area (TPSA) is 9.23 Å². The molecule has 0 bridgehead atoms. The molecule has 0 N–H and O–H groups in total. The molecule has 1 rings (SSSR count). The van der Waals surface area contributed by atoms with Gasteiger partial charge < -0.3 is 7.59 Å². The molecule has 0 spiro atoms. The Morgan fingerprint density at radius 1 is 1.55 bits per heavy atom. The minimum absolute atomic E-state index is 0. The third-order valence-electron chi connectivity index (χ3n) is 1.11. The summed E-state index contributed by atoms with van der Waals surface area (Å²) in [5, 5.41) is 0. The van der Waals surface area contributed by atoms with Gasteiger partial charge in [-0.1, -0.05) is 15.9 Å². The van der Waals surface area contributed by atoms with Crippen molar-refractivity contribution in [3.05, 3.63) is 28.5 Å². The first-order valence-electron chi connectivity index (χ1n) is 2.73. The minimum Gasteiger partial charge on any atom is -1.00 e. The van der Waals surface area contributed by atoms with Crippen LogP contribution in [0.5, 0.6) is 5.75 Å². The van der Waals surface area contributed by atoms with E-state index in [2.05, 4.69) is 15.9 Å². The Bertz CT molecular complexity index is 250. The van der Waals surface area contributed by atoms with Crippen LogP contribution in [0.4, 0.5) is 4.39 Å². The second-order valence-corrected chi connectivity index (χ2v) is 2.69. The van der Waals surface area contributed by atoms with E-state index in [9.17, 15) is 4.39 Å². The summed E-state index contributed by atoms with van der Waals surface area (Å²) in [4.78, 5) is 0. The van der Waals surface area contributed by atoms with Crippen LogP contribution in [0, 0.1) is 5.82 Å². The van der Waals surface area contributed by atoms with Crippen LogP contribution in [-0.4, -0.2) is 30.2 Å². The van der Waals surface area contributed by atoms with Gasteiger partial charge in [0, 0.05) is 4.47 Å². The summed E-state index contributed by atoms with van der Waals surface area (Å²) >= 11 is 3.19. The van der Waals surface area contributed by atoms with E-state index >= 15 is 0 Å². The first-order valence-corrected chi connectivity index (χ1v) is 3.52. The fourth-order valence-electron chi connectivity index (χ4n) is 0.634. The van der Waals surface area contributed by atoms with E-state index in [1.807, 2.05) is 0 Å². The van der Waals surface area contributed by atoms with E-state index in [1.54, 1.807) is 12.1 Å².